The Kier molecular flexibility index (Phi) is 4.20. The van der Waals surface area contributed by atoms with Crippen molar-refractivity contribution >= 4 is 11.6 Å². The molecule has 4 rings (SSSR count). The van der Waals surface area contributed by atoms with Gasteiger partial charge in [0, 0.05) is 12.3 Å². The number of aliphatic hydroxyl groups is 1. The number of rotatable bonds is 4. The Labute approximate surface area is 156 Å². The molecule has 2 aromatic rings. The number of carbonyl (C=O) groups is 2. The molecule has 1 heterocycles. The molecule has 0 aliphatic heterocycles. The Morgan fingerprint density at radius 3 is 2.74 bits per heavy atom. The van der Waals surface area contributed by atoms with Crippen LogP contribution >= 0.6 is 0 Å². The highest BCUT2D eigenvalue weighted by atomic mass is 16.5. The third-order valence-electron chi connectivity index (χ3n) is 5.20. The summed E-state index contributed by atoms with van der Waals surface area (Å²) in [4.78, 5) is 27.5. The highest BCUT2D eigenvalue weighted by Crippen LogP contribution is 2.48. The first-order valence-electron chi connectivity index (χ1n) is 8.74. The average Bonchev–Trinajstić information content (AvgIpc) is 3.07. The van der Waals surface area contributed by atoms with E-state index < -0.39 is 29.1 Å². The van der Waals surface area contributed by atoms with Crippen LogP contribution in [0.4, 0.5) is 0 Å². The van der Waals surface area contributed by atoms with Crippen LogP contribution in [-0.2, 0) is 11.4 Å². The third kappa shape index (κ3) is 2.62. The zero-order chi connectivity index (χ0) is 19.2. The molecule has 140 valence electrons. The maximum absolute atomic E-state index is 13.1. The number of allylic oxidation sites excluding steroid dienone is 1. The van der Waals surface area contributed by atoms with Crippen LogP contribution in [-0.4, -0.2) is 46.4 Å². The minimum absolute atomic E-state index is 0.0000638. The number of ketones is 2. The predicted molar refractivity (Wildman–Crippen MR) is 95.2 cm³/mol. The van der Waals surface area contributed by atoms with Crippen LogP contribution in [0.5, 0.6) is 5.88 Å². The van der Waals surface area contributed by atoms with Gasteiger partial charge in [0.15, 0.2) is 17.1 Å². The van der Waals surface area contributed by atoms with Gasteiger partial charge in [-0.3, -0.25) is 14.5 Å². The van der Waals surface area contributed by atoms with Crippen LogP contribution in [0.2, 0.25) is 0 Å². The summed E-state index contributed by atoms with van der Waals surface area (Å²) in [6.45, 7) is 0.190. The molecule has 0 amide bonds. The van der Waals surface area contributed by atoms with Crippen molar-refractivity contribution < 1.29 is 24.0 Å². The van der Waals surface area contributed by atoms with Crippen molar-refractivity contribution in [3.8, 4) is 5.88 Å². The maximum Gasteiger partial charge on any atom is 0.265 e. The van der Waals surface area contributed by atoms with Gasteiger partial charge >= 0.3 is 0 Å². The molecular weight excluding hydrogens is 348 g/mol. The zero-order valence-corrected chi connectivity index (χ0v) is 15.1. The smallest absolute Gasteiger partial charge is 0.265 e. The molecule has 3 atom stereocenters. The van der Waals surface area contributed by atoms with E-state index in [2.05, 4.69) is 5.16 Å². The molecule has 1 N–H and O–H groups in total. The van der Waals surface area contributed by atoms with Gasteiger partial charge in [0.05, 0.1) is 6.04 Å². The summed E-state index contributed by atoms with van der Waals surface area (Å²) in [5, 5.41) is 15.0. The van der Waals surface area contributed by atoms with Crippen molar-refractivity contribution in [1.82, 2.24) is 10.1 Å². The Bertz CT molecular complexity index is 918. The highest BCUT2D eigenvalue weighted by molar-refractivity contribution is 6.20. The number of hydrogen-bond donors (Lipinski definition) is 1. The molecule has 0 bridgehead atoms. The SMILES string of the molecule is CN(C)[C@@H]1c2onc(OCc3ccccc3)c2C(=O)[C@@]2(O)C(=O)CC=C[C@@H]12. The zero-order valence-electron chi connectivity index (χ0n) is 15.1. The first-order valence-corrected chi connectivity index (χ1v) is 8.74. The van der Waals surface area contributed by atoms with Gasteiger partial charge in [-0.15, -0.1) is 0 Å². The van der Waals surface area contributed by atoms with E-state index in [0.29, 0.717) is 5.76 Å². The standard InChI is InChI=1S/C20H20N2O5/c1-22(2)16-13-9-6-10-14(23)20(13,25)18(24)15-17(16)27-21-19(15)26-11-12-7-4-3-5-8-12/h3-9,13,16,25H,10-11H2,1-2H3/t13-,16-,20-/m0/s1. The molecule has 0 saturated carbocycles. The van der Waals surface area contributed by atoms with Crippen LogP contribution in [0.25, 0.3) is 0 Å². The Morgan fingerprint density at radius 2 is 2.04 bits per heavy atom. The van der Waals surface area contributed by atoms with Gasteiger partial charge in [-0.25, -0.2) is 0 Å². The minimum Gasteiger partial charge on any atom is -0.470 e. The highest BCUT2D eigenvalue weighted by Gasteiger charge is 2.60. The van der Waals surface area contributed by atoms with Gasteiger partial charge in [-0.2, -0.15) is 0 Å². The van der Waals surface area contributed by atoms with Gasteiger partial charge in [0.1, 0.15) is 12.2 Å². The lowest BCUT2D eigenvalue weighted by molar-refractivity contribution is -0.139. The van der Waals surface area contributed by atoms with Gasteiger partial charge in [0.2, 0.25) is 5.78 Å². The summed E-state index contributed by atoms with van der Waals surface area (Å²) in [5.41, 5.74) is -1.19. The number of ether oxygens (including phenoxy) is 1. The molecule has 0 unspecified atom stereocenters. The van der Waals surface area contributed by atoms with E-state index in [9.17, 15) is 14.7 Å². The van der Waals surface area contributed by atoms with E-state index >= 15 is 0 Å². The van der Waals surface area contributed by atoms with Crippen LogP contribution in [0.3, 0.4) is 0 Å². The second kappa shape index (κ2) is 6.44. The largest absolute Gasteiger partial charge is 0.470 e. The third-order valence-corrected chi connectivity index (χ3v) is 5.20. The van der Waals surface area contributed by atoms with Crippen LogP contribution < -0.4 is 4.74 Å². The molecule has 27 heavy (non-hydrogen) atoms. The molecule has 2 aliphatic rings. The molecule has 0 fully saturated rings. The van der Waals surface area contributed by atoms with Gasteiger partial charge in [-0.05, 0) is 24.8 Å². The summed E-state index contributed by atoms with van der Waals surface area (Å²) in [6.07, 6.45) is 3.40. The summed E-state index contributed by atoms with van der Waals surface area (Å²) in [6, 6.07) is 8.91. The second-order valence-electron chi connectivity index (χ2n) is 7.09. The fourth-order valence-electron chi connectivity index (χ4n) is 3.85. The van der Waals surface area contributed by atoms with Crippen molar-refractivity contribution in [1.29, 1.82) is 0 Å². The number of fused-ring (bicyclic) bond motifs is 2. The topological polar surface area (TPSA) is 92.9 Å². The van der Waals surface area contributed by atoms with Crippen LogP contribution in [0.1, 0.15) is 34.1 Å². The quantitative estimate of drug-likeness (QED) is 0.651. The number of Topliss-reactive ketones (excluding diaryl/α,β-unsaturated/α-hetero) is 2. The summed E-state index contributed by atoms with van der Waals surface area (Å²) >= 11 is 0. The molecule has 2 aliphatic carbocycles. The molecule has 0 spiro atoms. The maximum atomic E-state index is 13.1. The average molecular weight is 368 g/mol. The first-order chi connectivity index (χ1) is 12.9. The summed E-state index contributed by atoms with van der Waals surface area (Å²) in [7, 11) is 3.59. The fourth-order valence-corrected chi connectivity index (χ4v) is 3.85. The van der Waals surface area contributed by atoms with Crippen molar-refractivity contribution in [3.63, 3.8) is 0 Å². The van der Waals surface area contributed by atoms with E-state index in [1.165, 1.54) is 0 Å². The normalized spacial score (nSPS) is 26.8. The molecular formula is C20H20N2O5. The number of aromatic nitrogens is 1. The van der Waals surface area contributed by atoms with E-state index in [0.717, 1.165) is 5.56 Å². The summed E-state index contributed by atoms with van der Waals surface area (Å²) in [5.74, 6) is -1.65. The van der Waals surface area contributed by atoms with Crippen molar-refractivity contribution in [2.45, 2.75) is 24.7 Å². The van der Waals surface area contributed by atoms with Gasteiger partial charge < -0.3 is 14.4 Å². The molecule has 7 nitrogen and oxygen atoms in total. The molecule has 0 saturated heterocycles. The van der Waals surface area contributed by atoms with E-state index in [1.54, 1.807) is 31.1 Å². The Hall–Kier alpha value is -2.77. The molecule has 0 radical (unpaired) electrons. The van der Waals surface area contributed by atoms with Gasteiger partial charge in [-0.1, -0.05) is 42.5 Å². The summed E-state index contributed by atoms with van der Waals surface area (Å²) < 4.78 is 11.2. The van der Waals surface area contributed by atoms with Crippen molar-refractivity contribution in [2.24, 2.45) is 5.92 Å². The predicted octanol–water partition coefficient (Wildman–Crippen LogP) is 1.93. The van der Waals surface area contributed by atoms with Crippen molar-refractivity contribution in [3.05, 3.63) is 59.4 Å². The second-order valence-corrected chi connectivity index (χ2v) is 7.09. The lowest BCUT2D eigenvalue weighted by atomic mass is 9.66. The fraction of sp³-hybridized carbons (Fsp3) is 0.350. The lowest BCUT2D eigenvalue weighted by Gasteiger charge is -2.43. The van der Waals surface area contributed by atoms with E-state index in [1.807, 2.05) is 30.3 Å². The number of benzene rings is 1. The van der Waals surface area contributed by atoms with E-state index in [4.69, 9.17) is 9.26 Å². The Morgan fingerprint density at radius 1 is 1.30 bits per heavy atom. The van der Waals surface area contributed by atoms with Crippen LogP contribution in [0.15, 0.2) is 47.0 Å². The number of carbonyl (C=O) groups excluding carboxylic acids is 2. The molecule has 7 heteroatoms. The molecule has 1 aromatic carbocycles. The monoisotopic (exact) mass is 368 g/mol. The molecule has 1 aromatic heterocycles. The first kappa shape index (κ1) is 17.6. The van der Waals surface area contributed by atoms with Crippen LogP contribution in [0, 0.1) is 5.92 Å². The Balaban J connectivity index is 1.76. The van der Waals surface area contributed by atoms with Gasteiger partial charge in [0.25, 0.3) is 5.88 Å². The lowest BCUT2D eigenvalue weighted by Crippen LogP contribution is -2.59. The minimum atomic E-state index is -2.13. The number of nitrogens with zero attached hydrogens (tertiary/aromatic N) is 2. The number of hydrogen-bond acceptors (Lipinski definition) is 7. The van der Waals surface area contributed by atoms with E-state index in [-0.39, 0.29) is 24.5 Å². The van der Waals surface area contributed by atoms with Crippen molar-refractivity contribution in [2.75, 3.05) is 14.1 Å².